The van der Waals surface area contributed by atoms with E-state index in [4.69, 9.17) is 4.84 Å². The quantitative estimate of drug-likeness (QED) is 0.455. The lowest BCUT2D eigenvalue weighted by atomic mass is 10.0. The molecule has 0 amide bonds. The van der Waals surface area contributed by atoms with E-state index in [0.29, 0.717) is 13.1 Å². The van der Waals surface area contributed by atoms with Gasteiger partial charge in [0, 0.05) is 11.6 Å². The predicted octanol–water partition coefficient (Wildman–Crippen LogP) is 2.91. The number of rotatable bonds is 5. The number of hydrogen-bond acceptors (Lipinski definition) is 2. The summed E-state index contributed by atoms with van der Waals surface area (Å²) in [6, 6.07) is 6.20. The molecule has 1 unspecified atom stereocenters. The number of nitrogens with zero attached hydrogens (tertiary/aromatic N) is 1. The molecule has 1 atom stereocenters. The molecule has 0 aromatic heterocycles. The molecule has 0 aliphatic carbocycles. The van der Waals surface area contributed by atoms with Crippen LogP contribution in [0.4, 0.5) is 0 Å². The fraction of sp³-hybridized carbons (Fsp3) is 0.400. The van der Waals surface area contributed by atoms with Crippen LogP contribution in [0.25, 0.3) is 0 Å². The van der Waals surface area contributed by atoms with Gasteiger partial charge in [-0.1, -0.05) is 24.8 Å². The van der Waals surface area contributed by atoms with Gasteiger partial charge in [0.25, 0.3) is 0 Å². The van der Waals surface area contributed by atoms with Gasteiger partial charge in [0.15, 0.2) is 0 Å². The van der Waals surface area contributed by atoms with E-state index in [1.54, 1.807) is 0 Å². The van der Waals surface area contributed by atoms with E-state index in [2.05, 4.69) is 32.6 Å². The zero-order valence-electron chi connectivity index (χ0n) is 11.7. The summed E-state index contributed by atoms with van der Waals surface area (Å²) in [5.74, 6) is -0.385. The number of hydrogen-bond donors (Lipinski definition) is 0. The van der Waals surface area contributed by atoms with Gasteiger partial charge in [0.1, 0.15) is 20.1 Å². The fourth-order valence-corrected chi connectivity index (χ4v) is 1.81. The molecule has 0 fully saturated rings. The summed E-state index contributed by atoms with van der Waals surface area (Å²) < 4.78 is 0.231. The van der Waals surface area contributed by atoms with Crippen LogP contribution in [0, 0.1) is 13.8 Å². The fourth-order valence-electron chi connectivity index (χ4n) is 1.81. The molecule has 3 nitrogen and oxygen atoms in total. The van der Waals surface area contributed by atoms with Gasteiger partial charge < -0.3 is 0 Å². The van der Waals surface area contributed by atoms with Crippen molar-refractivity contribution in [2.45, 2.75) is 27.3 Å². The van der Waals surface area contributed by atoms with Crippen molar-refractivity contribution >= 4 is 5.97 Å². The van der Waals surface area contributed by atoms with E-state index in [1.165, 1.54) is 22.8 Å². The summed E-state index contributed by atoms with van der Waals surface area (Å²) in [6.45, 7) is 11.0. The highest BCUT2D eigenvalue weighted by Crippen LogP contribution is 2.19. The lowest BCUT2D eigenvalue weighted by molar-refractivity contribution is -1.08. The van der Waals surface area contributed by atoms with Gasteiger partial charge >= 0.3 is 5.97 Å². The molecule has 98 valence electrons. The Bertz CT molecular complexity index is 454. The molecule has 1 rings (SSSR count). The second-order valence-electron chi connectivity index (χ2n) is 4.74. The molecule has 0 N–H and O–H groups in total. The van der Waals surface area contributed by atoms with Gasteiger partial charge in [-0.2, -0.15) is 0 Å². The van der Waals surface area contributed by atoms with E-state index in [9.17, 15) is 4.79 Å². The van der Waals surface area contributed by atoms with Gasteiger partial charge in [-0.25, -0.2) is 4.79 Å². The maximum atomic E-state index is 11.4. The minimum Gasteiger partial charge on any atom is -0.272 e. The molecule has 0 spiro atoms. The van der Waals surface area contributed by atoms with Crippen molar-refractivity contribution < 1.29 is 14.3 Å². The van der Waals surface area contributed by atoms with Gasteiger partial charge in [-0.3, -0.25) is 4.84 Å². The first-order chi connectivity index (χ1) is 8.41. The third-order valence-electron chi connectivity index (χ3n) is 3.37. The standard InChI is InChI=1S/C15H22NO2/c1-6-15(17)18-16(5,7-2)11-14-10-8-9-12(3)13(14)4/h6,8-10H,1,7,11H2,2-5H3/q+1. The molecular formula is C15H22NO2+. The van der Waals surface area contributed by atoms with Gasteiger partial charge in [0.2, 0.25) is 0 Å². The molecule has 1 aromatic carbocycles. The van der Waals surface area contributed by atoms with Crippen molar-refractivity contribution in [3.63, 3.8) is 0 Å². The lowest BCUT2D eigenvalue weighted by Crippen LogP contribution is -2.44. The van der Waals surface area contributed by atoms with Crippen LogP contribution in [0.5, 0.6) is 0 Å². The number of benzene rings is 1. The summed E-state index contributed by atoms with van der Waals surface area (Å²) in [5, 5.41) is 0. The minimum absolute atomic E-state index is 0.231. The second-order valence-corrected chi connectivity index (χ2v) is 4.74. The molecule has 18 heavy (non-hydrogen) atoms. The van der Waals surface area contributed by atoms with E-state index >= 15 is 0 Å². The zero-order valence-corrected chi connectivity index (χ0v) is 11.7. The molecule has 0 saturated carbocycles. The number of carbonyl (C=O) groups excluding carboxylic acids is 1. The Balaban J connectivity index is 2.94. The smallest absolute Gasteiger partial charge is 0.272 e. The molecule has 0 radical (unpaired) electrons. The highest BCUT2D eigenvalue weighted by Gasteiger charge is 2.26. The van der Waals surface area contributed by atoms with Gasteiger partial charge in [-0.05, 0) is 31.9 Å². The van der Waals surface area contributed by atoms with E-state index in [-0.39, 0.29) is 10.6 Å². The molecule has 0 saturated heterocycles. The summed E-state index contributed by atoms with van der Waals surface area (Å²) >= 11 is 0. The summed E-state index contributed by atoms with van der Waals surface area (Å²) in [5.41, 5.74) is 3.71. The number of quaternary nitrogens is 1. The summed E-state index contributed by atoms with van der Waals surface area (Å²) in [7, 11) is 1.91. The monoisotopic (exact) mass is 248 g/mol. The maximum Gasteiger partial charge on any atom is 0.389 e. The average Bonchev–Trinajstić information content (AvgIpc) is 2.35. The highest BCUT2D eigenvalue weighted by molar-refractivity contribution is 5.80. The SMILES string of the molecule is C=CC(=O)O[N+](C)(CC)Cc1cccc(C)c1C. The molecule has 0 bridgehead atoms. The van der Waals surface area contributed by atoms with Crippen molar-refractivity contribution in [3.05, 3.63) is 47.5 Å². The Morgan fingerprint density at radius 2 is 2.11 bits per heavy atom. The van der Waals surface area contributed by atoms with Crippen LogP contribution in [0.2, 0.25) is 0 Å². The van der Waals surface area contributed by atoms with Crippen LogP contribution >= 0.6 is 0 Å². The predicted molar refractivity (Wildman–Crippen MR) is 72.6 cm³/mol. The lowest BCUT2D eigenvalue weighted by Gasteiger charge is -2.29. The Morgan fingerprint density at radius 1 is 1.44 bits per heavy atom. The van der Waals surface area contributed by atoms with Crippen LogP contribution in [-0.2, 0) is 16.2 Å². The molecular weight excluding hydrogens is 226 g/mol. The highest BCUT2D eigenvalue weighted by atomic mass is 16.7. The largest absolute Gasteiger partial charge is 0.389 e. The normalized spacial score (nSPS) is 13.8. The Labute approximate surface area is 109 Å². The van der Waals surface area contributed by atoms with Crippen molar-refractivity contribution in [3.8, 4) is 0 Å². The zero-order chi connectivity index (χ0) is 13.8. The number of hydroxylamine groups is 3. The van der Waals surface area contributed by atoms with Crippen molar-refractivity contribution in [2.24, 2.45) is 0 Å². The van der Waals surface area contributed by atoms with E-state index in [1.807, 2.05) is 20.0 Å². The molecule has 0 heterocycles. The second kappa shape index (κ2) is 5.83. The first-order valence-electron chi connectivity index (χ1n) is 6.17. The summed E-state index contributed by atoms with van der Waals surface area (Å²) in [4.78, 5) is 16.8. The molecule has 1 aromatic rings. The molecule has 0 aliphatic rings. The van der Waals surface area contributed by atoms with Gasteiger partial charge in [-0.15, -0.1) is 4.65 Å². The first-order valence-corrected chi connectivity index (χ1v) is 6.17. The van der Waals surface area contributed by atoms with E-state index < -0.39 is 0 Å². The van der Waals surface area contributed by atoms with Crippen molar-refractivity contribution in [1.82, 2.24) is 0 Å². The first kappa shape index (κ1) is 14.5. The Morgan fingerprint density at radius 3 is 2.67 bits per heavy atom. The topological polar surface area (TPSA) is 26.3 Å². The van der Waals surface area contributed by atoms with Crippen LogP contribution in [0.3, 0.4) is 0 Å². The third kappa shape index (κ3) is 3.44. The van der Waals surface area contributed by atoms with Gasteiger partial charge in [0.05, 0.1) is 0 Å². The maximum absolute atomic E-state index is 11.4. The summed E-state index contributed by atoms with van der Waals surface area (Å²) in [6.07, 6.45) is 1.20. The number of carbonyl (C=O) groups is 1. The average molecular weight is 248 g/mol. The van der Waals surface area contributed by atoms with Crippen molar-refractivity contribution in [2.75, 3.05) is 13.6 Å². The van der Waals surface area contributed by atoms with E-state index in [0.717, 1.165) is 0 Å². The van der Waals surface area contributed by atoms with Crippen LogP contribution < -0.4 is 0 Å². The Kier molecular flexibility index (Phi) is 4.68. The van der Waals surface area contributed by atoms with Crippen LogP contribution in [0.15, 0.2) is 30.9 Å². The van der Waals surface area contributed by atoms with Crippen LogP contribution in [0.1, 0.15) is 23.6 Å². The molecule has 0 aliphatic heterocycles. The Hall–Kier alpha value is -1.61. The van der Waals surface area contributed by atoms with Crippen molar-refractivity contribution in [1.29, 1.82) is 0 Å². The number of aryl methyl sites for hydroxylation is 1. The molecule has 3 heteroatoms. The van der Waals surface area contributed by atoms with Crippen LogP contribution in [-0.4, -0.2) is 24.2 Å². The minimum atomic E-state index is -0.385. The third-order valence-corrected chi connectivity index (χ3v) is 3.37.